The maximum absolute atomic E-state index is 14.0. The van der Waals surface area contributed by atoms with Gasteiger partial charge in [-0.1, -0.05) is 108 Å². The van der Waals surface area contributed by atoms with Crippen LogP contribution in [0.4, 0.5) is 5.69 Å². The van der Waals surface area contributed by atoms with E-state index in [2.05, 4.69) is 74.5 Å². The van der Waals surface area contributed by atoms with Crippen molar-refractivity contribution in [3.8, 4) is 0 Å². The van der Waals surface area contributed by atoms with E-state index in [4.69, 9.17) is 0 Å². The fourth-order valence-electron chi connectivity index (χ4n) is 6.68. The Morgan fingerprint density at radius 2 is 1.14 bits per heavy atom. The molecule has 2 bridgehead atoms. The van der Waals surface area contributed by atoms with Gasteiger partial charge in [0.25, 0.3) is 0 Å². The average Bonchev–Trinajstić information content (AvgIpc) is 3.55. The van der Waals surface area contributed by atoms with Crippen LogP contribution in [0.2, 0.25) is 0 Å². The van der Waals surface area contributed by atoms with Gasteiger partial charge in [0.05, 0.1) is 17.5 Å². The second-order valence-electron chi connectivity index (χ2n) is 10.6. The van der Waals surface area contributed by atoms with Gasteiger partial charge < -0.3 is 0 Å². The molecule has 37 heavy (non-hydrogen) atoms. The van der Waals surface area contributed by atoms with Gasteiger partial charge in [0.15, 0.2) is 0 Å². The maximum atomic E-state index is 14.0. The second kappa shape index (κ2) is 8.14. The lowest BCUT2D eigenvalue weighted by Crippen LogP contribution is -2.33. The zero-order valence-corrected chi connectivity index (χ0v) is 20.9. The lowest BCUT2D eigenvalue weighted by molar-refractivity contribution is -0.122. The summed E-state index contributed by atoms with van der Waals surface area (Å²) >= 11 is 0. The molecule has 3 heteroatoms. The first-order valence-corrected chi connectivity index (χ1v) is 12.9. The van der Waals surface area contributed by atoms with Gasteiger partial charge >= 0.3 is 0 Å². The average molecular weight is 482 g/mol. The number of hydrogen-bond acceptors (Lipinski definition) is 2. The molecular formula is C34H27NO2. The highest BCUT2D eigenvalue weighted by Crippen LogP contribution is 2.59. The molecular weight excluding hydrogens is 454 g/mol. The smallest absolute Gasteiger partial charge is 0.238 e. The Morgan fingerprint density at radius 3 is 1.70 bits per heavy atom. The summed E-state index contributed by atoms with van der Waals surface area (Å²) in [6.45, 7) is 4.18. The highest BCUT2D eigenvalue weighted by atomic mass is 16.2. The van der Waals surface area contributed by atoms with Crippen LogP contribution in [0.15, 0.2) is 109 Å². The minimum Gasteiger partial charge on any atom is -0.274 e. The fraction of sp³-hybridized carbons (Fsp3) is 0.176. The summed E-state index contributed by atoms with van der Waals surface area (Å²) in [6.07, 6.45) is 4.34. The topological polar surface area (TPSA) is 37.4 Å². The van der Waals surface area contributed by atoms with E-state index in [1.165, 1.54) is 21.6 Å². The zero-order valence-electron chi connectivity index (χ0n) is 20.9. The molecule has 2 fully saturated rings. The number of hydrogen-bond donors (Lipinski definition) is 0. The summed E-state index contributed by atoms with van der Waals surface area (Å²) in [4.78, 5) is 29.5. The third kappa shape index (κ3) is 3.20. The summed E-state index contributed by atoms with van der Waals surface area (Å²) in [5, 5.41) is 1.96. The monoisotopic (exact) mass is 481 g/mol. The van der Waals surface area contributed by atoms with Crippen molar-refractivity contribution >= 4 is 33.8 Å². The largest absolute Gasteiger partial charge is 0.274 e. The van der Waals surface area contributed by atoms with Crippen LogP contribution in [0.25, 0.3) is 16.3 Å². The highest BCUT2D eigenvalue weighted by Gasteiger charge is 2.62. The zero-order chi connectivity index (χ0) is 25.3. The molecule has 1 aliphatic heterocycles. The number of anilines is 1. The van der Waals surface area contributed by atoms with Crippen molar-refractivity contribution in [3.05, 3.63) is 131 Å². The lowest BCUT2D eigenvalue weighted by Gasteiger charge is -2.22. The summed E-state index contributed by atoms with van der Waals surface area (Å²) in [5.41, 5.74) is 7.75. The van der Waals surface area contributed by atoms with E-state index in [9.17, 15) is 9.59 Å². The molecule has 0 aromatic heterocycles. The summed E-state index contributed by atoms with van der Waals surface area (Å²) in [5.74, 6) is -1.03. The minimum absolute atomic E-state index is 0.0761. The molecule has 2 aliphatic carbocycles. The van der Waals surface area contributed by atoms with E-state index in [1.807, 2.05) is 42.5 Å². The van der Waals surface area contributed by atoms with Crippen LogP contribution in [0.3, 0.4) is 0 Å². The van der Waals surface area contributed by atoms with Gasteiger partial charge in [-0.15, -0.1) is 0 Å². The number of aryl methyl sites for hydroxylation is 2. The van der Waals surface area contributed by atoms with Gasteiger partial charge in [0.1, 0.15) is 0 Å². The van der Waals surface area contributed by atoms with E-state index >= 15 is 0 Å². The van der Waals surface area contributed by atoms with Crippen molar-refractivity contribution in [1.29, 1.82) is 0 Å². The SMILES string of the molecule is Cc1ccc(C(=C2[C@H]3C=C[C@H]2[C@@H]2C(=O)N(c4cccc5ccccc45)C(=O)[C@H]23)c2ccc(C)cc2)cc1. The molecule has 180 valence electrons. The van der Waals surface area contributed by atoms with Crippen LogP contribution in [0.5, 0.6) is 0 Å². The number of benzene rings is 4. The van der Waals surface area contributed by atoms with Crippen LogP contribution >= 0.6 is 0 Å². The fourth-order valence-corrected chi connectivity index (χ4v) is 6.68. The molecule has 3 nitrogen and oxygen atoms in total. The first kappa shape index (κ1) is 22.0. The molecule has 0 N–H and O–H groups in total. The van der Waals surface area contributed by atoms with Crippen molar-refractivity contribution < 1.29 is 9.59 Å². The number of allylic oxidation sites excluding steroid dienone is 3. The van der Waals surface area contributed by atoms with E-state index < -0.39 is 0 Å². The van der Waals surface area contributed by atoms with Crippen LogP contribution in [-0.4, -0.2) is 11.8 Å². The Bertz CT molecular complexity index is 1560. The Morgan fingerprint density at radius 1 is 0.622 bits per heavy atom. The van der Waals surface area contributed by atoms with E-state index in [1.54, 1.807) is 0 Å². The molecule has 1 heterocycles. The number of fused-ring (bicyclic) bond motifs is 6. The van der Waals surface area contributed by atoms with Crippen molar-refractivity contribution in [2.45, 2.75) is 13.8 Å². The molecule has 0 unspecified atom stereocenters. The molecule has 2 amide bonds. The number of nitrogens with zero attached hydrogens (tertiary/aromatic N) is 1. The highest BCUT2D eigenvalue weighted by molar-refractivity contribution is 6.26. The number of carbonyl (C=O) groups is 2. The third-order valence-corrected chi connectivity index (χ3v) is 8.39. The number of rotatable bonds is 3. The van der Waals surface area contributed by atoms with Gasteiger partial charge in [-0.05, 0) is 47.6 Å². The minimum atomic E-state index is -0.359. The lowest BCUT2D eigenvalue weighted by atomic mass is 9.85. The van der Waals surface area contributed by atoms with Crippen molar-refractivity contribution in [2.75, 3.05) is 4.90 Å². The van der Waals surface area contributed by atoms with Crippen LogP contribution in [0, 0.1) is 37.5 Å². The third-order valence-electron chi connectivity index (χ3n) is 8.39. The number of carbonyl (C=O) groups excluding carboxylic acids is 2. The molecule has 1 saturated carbocycles. The molecule has 4 atom stereocenters. The van der Waals surface area contributed by atoms with E-state index in [0.29, 0.717) is 5.69 Å². The molecule has 3 aliphatic rings. The molecule has 7 rings (SSSR count). The maximum Gasteiger partial charge on any atom is 0.238 e. The summed E-state index contributed by atoms with van der Waals surface area (Å²) < 4.78 is 0. The molecule has 0 spiro atoms. The molecule has 4 aromatic carbocycles. The van der Waals surface area contributed by atoms with Crippen LogP contribution < -0.4 is 4.90 Å². The predicted molar refractivity (Wildman–Crippen MR) is 148 cm³/mol. The van der Waals surface area contributed by atoms with Gasteiger partial charge in [0.2, 0.25) is 11.8 Å². The number of imide groups is 1. The van der Waals surface area contributed by atoms with E-state index in [-0.39, 0.29) is 35.5 Å². The molecule has 1 saturated heterocycles. The Balaban J connectivity index is 1.37. The van der Waals surface area contributed by atoms with Crippen molar-refractivity contribution in [2.24, 2.45) is 23.7 Å². The Kier molecular flexibility index (Phi) is 4.84. The van der Waals surface area contributed by atoms with Crippen LogP contribution in [-0.2, 0) is 9.59 Å². The normalized spacial score (nSPS) is 23.8. The predicted octanol–water partition coefficient (Wildman–Crippen LogP) is 6.88. The summed E-state index contributed by atoms with van der Waals surface area (Å²) in [7, 11) is 0. The first-order chi connectivity index (χ1) is 18.0. The Hall–Kier alpha value is -4.24. The van der Waals surface area contributed by atoms with Crippen molar-refractivity contribution in [1.82, 2.24) is 0 Å². The second-order valence-corrected chi connectivity index (χ2v) is 10.6. The van der Waals surface area contributed by atoms with Gasteiger partial charge in [-0.25, -0.2) is 4.90 Å². The van der Waals surface area contributed by atoms with Crippen LogP contribution in [0.1, 0.15) is 22.3 Å². The number of amides is 2. The molecule has 0 radical (unpaired) electrons. The van der Waals surface area contributed by atoms with Crippen molar-refractivity contribution in [3.63, 3.8) is 0 Å². The molecule has 4 aromatic rings. The quantitative estimate of drug-likeness (QED) is 0.236. The van der Waals surface area contributed by atoms with E-state index in [0.717, 1.165) is 27.5 Å². The van der Waals surface area contributed by atoms with Gasteiger partial charge in [-0.2, -0.15) is 0 Å². The Labute approximate surface area is 216 Å². The standard InChI is InChI=1S/C34H27NO2/c1-20-10-14-23(15-11-20)29(24-16-12-21(2)13-17-24)30-26-18-19-27(30)32-31(26)33(36)35(34(32)37)28-9-5-7-22-6-3-4-8-25(22)28/h3-19,26-27,31-32H,1-2H3/t26-,27-,31+,32+/m1/s1. The van der Waals surface area contributed by atoms with Gasteiger partial charge in [-0.3, -0.25) is 9.59 Å². The summed E-state index contributed by atoms with van der Waals surface area (Å²) in [6, 6.07) is 31.0. The first-order valence-electron chi connectivity index (χ1n) is 12.9. The van der Waals surface area contributed by atoms with Gasteiger partial charge in [0, 0.05) is 17.2 Å².